The normalized spacial score (nSPS) is 10.2. The molecule has 0 aromatic carbocycles. The molecule has 2 aromatic heterocycles. The van der Waals surface area contributed by atoms with Crippen molar-refractivity contribution in [2.24, 2.45) is 0 Å². The van der Waals surface area contributed by atoms with Crippen LogP contribution in [0, 0.1) is 0 Å². The molecule has 0 aliphatic rings. The lowest BCUT2D eigenvalue weighted by Gasteiger charge is -2.06. The Labute approximate surface area is 109 Å². The molecule has 2 heterocycles. The van der Waals surface area contributed by atoms with Gasteiger partial charge in [0.05, 0.1) is 12.8 Å². The van der Waals surface area contributed by atoms with E-state index in [1.54, 1.807) is 12.1 Å². The lowest BCUT2D eigenvalue weighted by molar-refractivity contribution is 0.0690. The van der Waals surface area contributed by atoms with Gasteiger partial charge in [-0.15, -0.1) is 0 Å². The van der Waals surface area contributed by atoms with E-state index in [1.807, 2.05) is 6.92 Å². The van der Waals surface area contributed by atoms with Gasteiger partial charge in [0.15, 0.2) is 5.69 Å². The van der Waals surface area contributed by atoms with Gasteiger partial charge in [0.2, 0.25) is 5.88 Å². The standard InChI is InChI=1S/C12H12N4O3/c1-2-19-9-4-3-7(5-14-9)10-11(13)15-6-8(16-10)12(17)18/h3-6H,2H2,1H3,(H2,13,15)(H,17,18). The first kappa shape index (κ1) is 12.7. The molecule has 0 saturated carbocycles. The Morgan fingerprint density at radius 1 is 1.37 bits per heavy atom. The molecular weight excluding hydrogens is 248 g/mol. The third-order valence-corrected chi connectivity index (χ3v) is 2.32. The Morgan fingerprint density at radius 3 is 2.74 bits per heavy atom. The summed E-state index contributed by atoms with van der Waals surface area (Å²) in [6, 6.07) is 3.36. The smallest absolute Gasteiger partial charge is 0.356 e. The van der Waals surface area contributed by atoms with E-state index >= 15 is 0 Å². The molecule has 0 unspecified atom stereocenters. The topological polar surface area (TPSA) is 111 Å². The van der Waals surface area contributed by atoms with E-state index in [0.29, 0.717) is 18.1 Å². The van der Waals surface area contributed by atoms with Gasteiger partial charge < -0.3 is 15.6 Å². The van der Waals surface area contributed by atoms with Crippen LogP contribution in [-0.2, 0) is 0 Å². The number of carboxylic acids is 1. The van der Waals surface area contributed by atoms with E-state index in [1.165, 1.54) is 6.20 Å². The Bertz CT molecular complexity index is 598. The molecule has 0 aliphatic carbocycles. The Balaban J connectivity index is 2.40. The van der Waals surface area contributed by atoms with Gasteiger partial charge in [-0.25, -0.2) is 19.7 Å². The molecule has 2 rings (SSSR count). The van der Waals surface area contributed by atoms with Crippen molar-refractivity contribution < 1.29 is 14.6 Å². The van der Waals surface area contributed by atoms with Gasteiger partial charge in [-0.05, 0) is 13.0 Å². The summed E-state index contributed by atoms with van der Waals surface area (Å²) >= 11 is 0. The van der Waals surface area contributed by atoms with Crippen LogP contribution < -0.4 is 10.5 Å². The number of hydrogen-bond acceptors (Lipinski definition) is 6. The minimum absolute atomic E-state index is 0.149. The fraction of sp³-hybridized carbons (Fsp3) is 0.167. The van der Waals surface area contributed by atoms with E-state index in [9.17, 15) is 4.79 Å². The van der Waals surface area contributed by atoms with E-state index in [-0.39, 0.29) is 17.2 Å². The fourth-order valence-electron chi connectivity index (χ4n) is 1.47. The van der Waals surface area contributed by atoms with Gasteiger partial charge in [0, 0.05) is 17.8 Å². The van der Waals surface area contributed by atoms with Gasteiger partial charge in [0.25, 0.3) is 0 Å². The number of aromatic carboxylic acids is 1. The van der Waals surface area contributed by atoms with Crippen LogP contribution >= 0.6 is 0 Å². The molecule has 3 N–H and O–H groups in total. The number of hydrogen-bond donors (Lipinski definition) is 2. The molecule has 0 atom stereocenters. The molecule has 0 amide bonds. The Kier molecular flexibility index (Phi) is 3.56. The summed E-state index contributed by atoms with van der Waals surface area (Å²) in [6.45, 7) is 2.37. The third-order valence-electron chi connectivity index (χ3n) is 2.32. The second-order valence-electron chi connectivity index (χ2n) is 3.61. The van der Waals surface area contributed by atoms with E-state index in [2.05, 4.69) is 15.0 Å². The number of rotatable bonds is 4. The Morgan fingerprint density at radius 2 is 2.16 bits per heavy atom. The SMILES string of the molecule is CCOc1ccc(-c2nc(C(=O)O)cnc2N)cn1. The zero-order valence-corrected chi connectivity index (χ0v) is 10.2. The lowest BCUT2D eigenvalue weighted by atomic mass is 10.2. The summed E-state index contributed by atoms with van der Waals surface area (Å²) in [4.78, 5) is 22.7. The van der Waals surface area contributed by atoms with Crippen molar-refractivity contribution in [1.82, 2.24) is 15.0 Å². The van der Waals surface area contributed by atoms with Crippen LogP contribution in [0.2, 0.25) is 0 Å². The first-order valence-electron chi connectivity index (χ1n) is 5.57. The van der Waals surface area contributed by atoms with Crippen molar-refractivity contribution in [2.45, 2.75) is 6.92 Å². The first-order chi connectivity index (χ1) is 9.11. The number of nitrogens with zero attached hydrogens (tertiary/aromatic N) is 3. The zero-order chi connectivity index (χ0) is 13.8. The summed E-state index contributed by atoms with van der Waals surface area (Å²) in [5.74, 6) is -0.532. The number of nitrogens with two attached hydrogens (primary N) is 1. The van der Waals surface area contributed by atoms with Crippen molar-refractivity contribution in [1.29, 1.82) is 0 Å². The average Bonchev–Trinajstić information content (AvgIpc) is 2.40. The number of carboxylic acid groups (broad SMARTS) is 1. The van der Waals surface area contributed by atoms with Crippen LogP contribution in [0.3, 0.4) is 0 Å². The minimum atomic E-state index is -1.16. The van der Waals surface area contributed by atoms with Crippen LogP contribution in [0.1, 0.15) is 17.4 Å². The largest absolute Gasteiger partial charge is 0.478 e. The first-order valence-corrected chi connectivity index (χ1v) is 5.57. The maximum atomic E-state index is 10.9. The summed E-state index contributed by atoms with van der Waals surface area (Å²) in [6.07, 6.45) is 2.63. The molecule has 0 spiro atoms. The lowest BCUT2D eigenvalue weighted by Crippen LogP contribution is -2.06. The summed E-state index contributed by atoms with van der Waals surface area (Å²) in [5, 5.41) is 8.88. The predicted octanol–water partition coefficient (Wildman–Crippen LogP) is 1.22. The van der Waals surface area contributed by atoms with Crippen molar-refractivity contribution in [3.63, 3.8) is 0 Å². The van der Waals surface area contributed by atoms with Crippen molar-refractivity contribution in [2.75, 3.05) is 12.3 Å². The second-order valence-corrected chi connectivity index (χ2v) is 3.61. The molecule has 0 saturated heterocycles. The molecule has 19 heavy (non-hydrogen) atoms. The van der Waals surface area contributed by atoms with Gasteiger partial charge >= 0.3 is 5.97 Å². The summed E-state index contributed by atoms with van der Waals surface area (Å²) in [7, 11) is 0. The minimum Gasteiger partial charge on any atom is -0.478 e. The molecule has 7 heteroatoms. The third kappa shape index (κ3) is 2.76. The van der Waals surface area contributed by atoms with Crippen LogP contribution in [0.25, 0.3) is 11.3 Å². The maximum Gasteiger partial charge on any atom is 0.356 e. The van der Waals surface area contributed by atoms with Gasteiger partial charge in [-0.2, -0.15) is 0 Å². The van der Waals surface area contributed by atoms with Crippen molar-refractivity contribution >= 4 is 11.8 Å². The highest BCUT2D eigenvalue weighted by Gasteiger charge is 2.12. The molecule has 7 nitrogen and oxygen atoms in total. The monoisotopic (exact) mass is 260 g/mol. The second kappa shape index (κ2) is 5.30. The van der Waals surface area contributed by atoms with Gasteiger partial charge in [-0.3, -0.25) is 0 Å². The van der Waals surface area contributed by atoms with Gasteiger partial charge in [-0.1, -0.05) is 0 Å². The van der Waals surface area contributed by atoms with Gasteiger partial charge in [0.1, 0.15) is 11.5 Å². The van der Waals surface area contributed by atoms with Crippen LogP contribution in [-0.4, -0.2) is 32.6 Å². The Hall–Kier alpha value is -2.70. The van der Waals surface area contributed by atoms with E-state index in [0.717, 1.165) is 6.20 Å². The number of carbonyl (C=O) groups is 1. The number of nitrogen functional groups attached to an aromatic ring is 1. The average molecular weight is 260 g/mol. The van der Waals surface area contributed by atoms with Crippen LogP contribution in [0.4, 0.5) is 5.82 Å². The highest BCUT2D eigenvalue weighted by atomic mass is 16.5. The highest BCUT2D eigenvalue weighted by molar-refractivity contribution is 5.86. The van der Waals surface area contributed by atoms with Crippen molar-refractivity contribution in [3.8, 4) is 17.1 Å². The number of ether oxygens (including phenoxy) is 1. The molecule has 2 aromatic rings. The van der Waals surface area contributed by atoms with Crippen molar-refractivity contribution in [3.05, 3.63) is 30.2 Å². The molecular formula is C12H12N4O3. The molecule has 98 valence electrons. The van der Waals surface area contributed by atoms with Crippen LogP contribution in [0.15, 0.2) is 24.5 Å². The summed E-state index contributed by atoms with van der Waals surface area (Å²) < 4.78 is 5.22. The van der Waals surface area contributed by atoms with Crippen LogP contribution in [0.5, 0.6) is 5.88 Å². The fourth-order valence-corrected chi connectivity index (χ4v) is 1.47. The number of aromatic nitrogens is 3. The zero-order valence-electron chi connectivity index (χ0n) is 10.2. The van der Waals surface area contributed by atoms with E-state index in [4.69, 9.17) is 15.6 Å². The molecule has 0 bridgehead atoms. The van der Waals surface area contributed by atoms with E-state index < -0.39 is 5.97 Å². The maximum absolute atomic E-state index is 10.9. The number of anilines is 1. The highest BCUT2D eigenvalue weighted by Crippen LogP contribution is 2.22. The number of pyridine rings is 1. The quantitative estimate of drug-likeness (QED) is 0.849. The molecule has 0 fully saturated rings. The predicted molar refractivity (Wildman–Crippen MR) is 67.8 cm³/mol. The molecule has 0 radical (unpaired) electrons. The molecule has 0 aliphatic heterocycles. The summed E-state index contributed by atoms with van der Waals surface area (Å²) in [5.41, 5.74) is 6.39.